The van der Waals surface area contributed by atoms with E-state index in [2.05, 4.69) is 47.8 Å². The number of ether oxygens (including phenoxy) is 2. The van der Waals surface area contributed by atoms with Crippen molar-refractivity contribution in [1.29, 1.82) is 0 Å². The Bertz CT molecular complexity index is 659. The van der Waals surface area contributed by atoms with Gasteiger partial charge in [-0.2, -0.15) is 0 Å². The van der Waals surface area contributed by atoms with E-state index in [1.54, 1.807) is 0 Å². The van der Waals surface area contributed by atoms with Crippen molar-refractivity contribution in [3.8, 4) is 0 Å². The smallest absolute Gasteiger partial charge is 0.307 e. The summed E-state index contributed by atoms with van der Waals surface area (Å²) in [5, 5.41) is 0. The second kappa shape index (κ2) is 8.73. The average molecular weight is 370 g/mol. The van der Waals surface area contributed by atoms with Crippen LogP contribution in [0.3, 0.4) is 0 Å². The van der Waals surface area contributed by atoms with Crippen LogP contribution in [0, 0.1) is 35.5 Å². The minimum absolute atomic E-state index is 0.143. The topological polar surface area (TPSA) is 52.6 Å². The SMILES string of the molecule is C1=CC2C3C=CC(C3)C2C1.C=COC(C)=O.CC(=O)OC1CC2C=CC1C2. The Morgan fingerprint density at radius 3 is 2.19 bits per heavy atom. The molecule has 7 unspecified atom stereocenters. The van der Waals surface area contributed by atoms with Gasteiger partial charge in [-0.1, -0.05) is 43.0 Å². The molecule has 0 aromatic rings. The van der Waals surface area contributed by atoms with E-state index >= 15 is 0 Å². The van der Waals surface area contributed by atoms with Crippen molar-refractivity contribution in [2.45, 2.75) is 45.6 Å². The largest absolute Gasteiger partial charge is 0.462 e. The van der Waals surface area contributed by atoms with Gasteiger partial charge >= 0.3 is 11.9 Å². The number of hydrogen-bond donors (Lipinski definition) is 0. The molecule has 7 atom stereocenters. The number of fused-ring (bicyclic) bond motifs is 7. The molecule has 0 aliphatic heterocycles. The zero-order valence-corrected chi connectivity index (χ0v) is 16.3. The van der Waals surface area contributed by atoms with Crippen molar-refractivity contribution in [1.82, 2.24) is 0 Å². The van der Waals surface area contributed by atoms with E-state index in [-0.39, 0.29) is 18.0 Å². The molecule has 5 rings (SSSR count). The van der Waals surface area contributed by atoms with Crippen molar-refractivity contribution in [3.63, 3.8) is 0 Å². The second-order valence-electron chi connectivity index (χ2n) is 8.06. The van der Waals surface area contributed by atoms with Crippen LogP contribution in [0.1, 0.15) is 39.5 Å². The highest BCUT2D eigenvalue weighted by Gasteiger charge is 2.44. The summed E-state index contributed by atoms with van der Waals surface area (Å²) in [6.07, 6.45) is 20.5. The number of rotatable bonds is 2. The van der Waals surface area contributed by atoms with Crippen molar-refractivity contribution in [2.75, 3.05) is 0 Å². The highest BCUT2D eigenvalue weighted by molar-refractivity contribution is 5.66. The summed E-state index contributed by atoms with van der Waals surface area (Å²) < 4.78 is 9.32. The number of allylic oxidation sites excluding steroid dienone is 5. The Morgan fingerprint density at radius 1 is 0.926 bits per heavy atom. The minimum atomic E-state index is -0.329. The van der Waals surface area contributed by atoms with Gasteiger partial charge < -0.3 is 9.47 Å². The van der Waals surface area contributed by atoms with E-state index in [0.29, 0.717) is 11.8 Å². The van der Waals surface area contributed by atoms with Crippen LogP contribution >= 0.6 is 0 Å². The lowest BCUT2D eigenvalue weighted by Gasteiger charge is -2.18. The lowest BCUT2D eigenvalue weighted by Crippen LogP contribution is -2.20. The maximum Gasteiger partial charge on any atom is 0.307 e. The Hall–Kier alpha value is -2.10. The van der Waals surface area contributed by atoms with Gasteiger partial charge in [0.15, 0.2) is 0 Å². The molecule has 4 bridgehead atoms. The molecule has 146 valence electrons. The molecular formula is C23H30O4. The molecule has 0 aromatic carbocycles. The first-order valence-electron chi connectivity index (χ1n) is 9.96. The summed E-state index contributed by atoms with van der Waals surface area (Å²) in [5.74, 6) is 4.55. The van der Waals surface area contributed by atoms with Gasteiger partial charge in [0, 0.05) is 19.8 Å². The van der Waals surface area contributed by atoms with Gasteiger partial charge in [-0.05, 0) is 55.3 Å². The molecule has 0 heterocycles. The molecule has 0 saturated heterocycles. The quantitative estimate of drug-likeness (QED) is 0.405. The fourth-order valence-electron chi connectivity index (χ4n) is 5.17. The summed E-state index contributed by atoms with van der Waals surface area (Å²) in [5.41, 5.74) is 0. The lowest BCUT2D eigenvalue weighted by atomic mass is 9.86. The predicted molar refractivity (Wildman–Crippen MR) is 104 cm³/mol. The molecule has 4 nitrogen and oxygen atoms in total. The Balaban J connectivity index is 0.000000123. The first-order chi connectivity index (χ1) is 13.0. The normalized spacial score (nSPS) is 37.8. The van der Waals surface area contributed by atoms with Crippen LogP contribution in [-0.2, 0) is 19.1 Å². The van der Waals surface area contributed by atoms with Crippen LogP contribution in [0.25, 0.3) is 0 Å². The third kappa shape index (κ3) is 4.79. The van der Waals surface area contributed by atoms with Gasteiger partial charge in [0.25, 0.3) is 0 Å². The highest BCUT2D eigenvalue weighted by atomic mass is 16.5. The fraction of sp³-hybridized carbons (Fsp3) is 0.565. The van der Waals surface area contributed by atoms with Gasteiger partial charge in [0.2, 0.25) is 0 Å². The van der Waals surface area contributed by atoms with Crippen LogP contribution in [-0.4, -0.2) is 18.0 Å². The number of hydrogen-bond acceptors (Lipinski definition) is 4. The third-order valence-corrected chi connectivity index (χ3v) is 6.24. The highest BCUT2D eigenvalue weighted by Crippen LogP contribution is 2.52. The monoisotopic (exact) mass is 370 g/mol. The van der Waals surface area contributed by atoms with Crippen molar-refractivity contribution in [2.24, 2.45) is 35.5 Å². The van der Waals surface area contributed by atoms with E-state index in [1.807, 2.05) is 0 Å². The Morgan fingerprint density at radius 2 is 1.67 bits per heavy atom. The molecule has 5 aliphatic carbocycles. The molecule has 0 radical (unpaired) electrons. The molecule has 2 saturated carbocycles. The van der Waals surface area contributed by atoms with Gasteiger partial charge in [-0.25, -0.2) is 0 Å². The molecule has 0 N–H and O–H groups in total. The summed E-state index contributed by atoms with van der Waals surface area (Å²) in [6.45, 7) is 5.96. The van der Waals surface area contributed by atoms with E-state index in [0.717, 1.165) is 36.4 Å². The van der Waals surface area contributed by atoms with Crippen molar-refractivity contribution < 1.29 is 19.1 Å². The number of esters is 2. The number of carbonyl (C=O) groups excluding carboxylic acids is 2. The first kappa shape index (κ1) is 19.7. The number of carbonyl (C=O) groups is 2. The van der Waals surface area contributed by atoms with Gasteiger partial charge in [-0.3, -0.25) is 9.59 Å². The van der Waals surface area contributed by atoms with Crippen LogP contribution in [0.2, 0.25) is 0 Å². The molecule has 5 aliphatic rings. The third-order valence-electron chi connectivity index (χ3n) is 6.24. The minimum Gasteiger partial charge on any atom is -0.462 e. The first-order valence-corrected chi connectivity index (χ1v) is 9.96. The van der Waals surface area contributed by atoms with Crippen LogP contribution in [0.5, 0.6) is 0 Å². The molecule has 27 heavy (non-hydrogen) atoms. The van der Waals surface area contributed by atoms with Gasteiger partial charge in [0.1, 0.15) is 6.10 Å². The van der Waals surface area contributed by atoms with Gasteiger partial charge in [0.05, 0.1) is 6.26 Å². The van der Waals surface area contributed by atoms with E-state index < -0.39 is 0 Å². The molecule has 4 heteroatoms. The Kier molecular flexibility index (Phi) is 6.35. The fourth-order valence-corrected chi connectivity index (χ4v) is 5.17. The van der Waals surface area contributed by atoms with Crippen molar-refractivity contribution in [3.05, 3.63) is 49.3 Å². The van der Waals surface area contributed by atoms with E-state index in [9.17, 15) is 9.59 Å². The lowest BCUT2D eigenvalue weighted by molar-refractivity contribution is -0.147. The van der Waals surface area contributed by atoms with E-state index in [4.69, 9.17) is 4.74 Å². The summed E-state index contributed by atoms with van der Waals surface area (Å²) in [6, 6.07) is 0. The zero-order chi connectivity index (χ0) is 19.4. The van der Waals surface area contributed by atoms with Crippen LogP contribution in [0.4, 0.5) is 0 Å². The summed E-state index contributed by atoms with van der Waals surface area (Å²) in [7, 11) is 0. The molecule has 0 spiro atoms. The maximum absolute atomic E-state index is 10.6. The second-order valence-corrected chi connectivity index (χ2v) is 8.06. The summed E-state index contributed by atoms with van der Waals surface area (Å²) >= 11 is 0. The Labute approximate surface area is 162 Å². The standard InChI is InChI=1S/C10H12.C9H12O2.C4H6O2/c1-2-9-7-4-5-8(6-7)10(9)3-1;1-6(10)11-9-5-7-2-3-8(9)4-7;1-3-6-4(2)5/h1-2,4-5,7-10H,3,6H2;2-3,7-9H,4-5H2,1H3;3H,1H2,2H3. The van der Waals surface area contributed by atoms with E-state index in [1.165, 1.54) is 33.1 Å². The predicted octanol–water partition coefficient (Wildman–Crippen LogP) is 4.59. The van der Waals surface area contributed by atoms with Crippen molar-refractivity contribution >= 4 is 11.9 Å². The molecule has 0 aromatic heterocycles. The maximum atomic E-state index is 10.6. The molecular weight excluding hydrogens is 340 g/mol. The zero-order valence-electron chi connectivity index (χ0n) is 16.3. The molecule has 0 amide bonds. The average Bonchev–Trinajstić information content (AvgIpc) is 3.39. The molecule has 2 fully saturated rings. The van der Waals surface area contributed by atoms with Crippen LogP contribution < -0.4 is 0 Å². The summed E-state index contributed by atoms with van der Waals surface area (Å²) in [4.78, 5) is 20.4. The van der Waals surface area contributed by atoms with Crippen LogP contribution in [0.15, 0.2) is 49.3 Å². The van der Waals surface area contributed by atoms with Gasteiger partial charge in [-0.15, -0.1) is 0 Å².